The fourth-order valence-corrected chi connectivity index (χ4v) is 2.55. The molecule has 0 bridgehead atoms. The number of carbonyl (C=O) groups is 3. The molecule has 8 heteroatoms. The molecule has 2 aromatic carbocycles. The zero-order valence-electron chi connectivity index (χ0n) is 17.3. The first-order valence-corrected chi connectivity index (χ1v) is 9.39. The number of hydroxylamine groups is 1. The SMILES string of the molecule is CC(C)(C(F)F)[C@H](NC(=O)c1ccc(C#CC#Cc2ccc(C=O)cc2)cc1)C(=O)NO. The molecular formula is C24H20F2N2O4. The van der Waals surface area contributed by atoms with Crippen molar-refractivity contribution in [2.24, 2.45) is 5.41 Å². The summed E-state index contributed by atoms with van der Waals surface area (Å²) in [5, 5.41) is 11.1. The molecule has 0 aliphatic rings. The summed E-state index contributed by atoms with van der Waals surface area (Å²) in [4.78, 5) is 34.9. The summed E-state index contributed by atoms with van der Waals surface area (Å²) in [6.07, 6.45) is -2.19. The molecule has 2 rings (SSSR count). The largest absolute Gasteiger partial charge is 0.339 e. The van der Waals surface area contributed by atoms with E-state index in [0.29, 0.717) is 16.7 Å². The van der Waals surface area contributed by atoms with E-state index in [0.717, 1.165) is 20.1 Å². The Morgan fingerprint density at radius 1 is 0.969 bits per heavy atom. The number of rotatable bonds is 6. The summed E-state index contributed by atoms with van der Waals surface area (Å²) in [6.45, 7) is 2.21. The molecule has 0 saturated carbocycles. The predicted octanol–water partition coefficient (Wildman–Crippen LogP) is 2.80. The van der Waals surface area contributed by atoms with Gasteiger partial charge in [0, 0.05) is 22.3 Å². The highest BCUT2D eigenvalue weighted by molar-refractivity contribution is 5.97. The van der Waals surface area contributed by atoms with Crippen molar-refractivity contribution in [3.05, 3.63) is 70.8 Å². The van der Waals surface area contributed by atoms with Crippen LogP contribution in [0.3, 0.4) is 0 Å². The van der Waals surface area contributed by atoms with Crippen LogP contribution < -0.4 is 10.8 Å². The molecule has 0 radical (unpaired) electrons. The van der Waals surface area contributed by atoms with Gasteiger partial charge in [0.2, 0.25) is 6.43 Å². The number of nitrogens with one attached hydrogen (secondary N) is 2. The van der Waals surface area contributed by atoms with Crippen LogP contribution >= 0.6 is 0 Å². The molecular weight excluding hydrogens is 418 g/mol. The molecule has 2 aromatic rings. The zero-order chi connectivity index (χ0) is 23.7. The van der Waals surface area contributed by atoms with Gasteiger partial charge in [0.1, 0.15) is 12.3 Å². The van der Waals surface area contributed by atoms with E-state index in [2.05, 4.69) is 29.0 Å². The lowest BCUT2D eigenvalue weighted by molar-refractivity contribution is -0.137. The molecule has 0 unspecified atom stereocenters. The van der Waals surface area contributed by atoms with Gasteiger partial charge in [0.25, 0.3) is 11.8 Å². The van der Waals surface area contributed by atoms with Crippen LogP contribution in [-0.4, -0.2) is 35.8 Å². The summed E-state index contributed by atoms with van der Waals surface area (Å²) in [6, 6.07) is 11.0. The fraction of sp³-hybridized carbons (Fsp3) is 0.208. The van der Waals surface area contributed by atoms with Gasteiger partial charge in [0.05, 0.1) is 5.41 Å². The minimum Gasteiger partial charge on any atom is -0.339 e. The van der Waals surface area contributed by atoms with Gasteiger partial charge < -0.3 is 5.32 Å². The summed E-state index contributed by atoms with van der Waals surface area (Å²) in [5.74, 6) is 9.08. The lowest BCUT2D eigenvalue weighted by Crippen LogP contribution is -2.56. The van der Waals surface area contributed by atoms with Crippen LogP contribution in [0.4, 0.5) is 8.78 Å². The first-order valence-electron chi connectivity index (χ1n) is 9.39. The molecule has 3 N–H and O–H groups in total. The lowest BCUT2D eigenvalue weighted by atomic mass is 9.84. The van der Waals surface area contributed by atoms with Crippen LogP contribution in [0, 0.1) is 29.1 Å². The molecule has 0 aliphatic heterocycles. The maximum Gasteiger partial charge on any atom is 0.266 e. The molecule has 0 aromatic heterocycles. The second-order valence-electron chi connectivity index (χ2n) is 7.32. The van der Waals surface area contributed by atoms with Gasteiger partial charge in [-0.25, -0.2) is 14.3 Å². The van der Waals surface area contributed by atoms with E-state index >= 15 is 0 Å². The molecule has 0 heterocycles. The molecule has 0 saturated heterocycles. The van der Waals surface area contributed by atoms with E-state index in [4.69, 9.17) is 5.21 Å². The highest BCUT2D eigenvalue weighted by Crippen LogP contribution is 2.29. The number of carbonyl (C=O) groups excluding carboxylic acids is 3. The monoisotopic (exact) mass is 438 g/mol. The van der Waals surface area contributed by atoms with E-state index in [1.54, 1.807) is 36.4 Å². The number of alkyl halides is 2. The topological polar surface area (TPSA) is 95.5 Å². The molecule has 0 spiro atoms. The molecule has 1 atom stereocenters. The quantitative estimate of drug-likeness (QED) is 0.280. The van der Waals surface area contributed by atoms with Crippen LogP contribution in [0.2, 0.25) is 0 Å². The Labute approximate surface area is 184 Å². The van der Waals surface area contributed by atoms with Crippen molar-refractivity contribution in [1.82, 2.24) is 10.8 Å². The van der Waals surface area contributed by atoms with Crippen molar-refractivity contribution < 1.29 is 28.4 Å². The van der Waals surface area contributed by atoms with Crippen molar-refractivity contribution in [1.29, 1.82) is 0 Å². The summed E-state index contributed by atoms with van der Waals surface area (Å²) < 4.78 is 26.6. The van der Waals surface area contributed by atoms with Gasteiger partial charge in [-0.3, -0.25) is 19.6 Å². The molecule has 32 heavy (non-hydrogen) atoms. The maximum atomic E-state index is 13.3. The van der Waals surface area contributed by atoms with Crippen molar-refractivity contribution in [2.75, 3.05) is 0 Å². The molecule has 6 nitrogen and oxygen atoms in total. The van der Waals surface area contributed by atoms with E-state index < -0.39 is 29.7 Å². The van der Waals surface area contributed by atoms with Gasteiger partial charge in [-0.1, -0.05) is 37.8 Å². The number of benzene rings is 2. The summed E-state index contributed by atoms with van der Waals surface area (Å²) >= 11 is 0. The van der Waals surface area contributed by atoms with Gasteiger partial charge in [-0.15, -0.1) is 0 Å². The molecule has 0 fully saturated rings. The number of amides is 2. The Kier molecular flexibility index (Phi) is 8.23. The van der Waals surface area contributed by atoms with Gasteiger partial charge in [-0.2, -0.15) is 0 Å². The van der Waals surface area contributed by atoms with Gasteiger partial charge in [0.15, 0.2) is 0 Å². The van der Waals surface area contributed by atoms with Crippen LogP contribution in [0.5, 0.6) is 0 Å². The number of aldehydes is 1. The average Bonchev–Trinajstić information content (AvgIpc) is 2.80. The minimum atomic E-state index is -2.92. The Morgan fingerprint density at radius 3 is 1.91 bits per heavy atom. The highest BCUT2D eigenvalue weighted by atomic mass is 19.3. The number of hydrogen-bond acceptors (Lipinski definition) is 4. The second-order valence-corrected chi connectivity index (χ2v) is 7.32. The van der Waals surface area contributed by atoms with Gasteiger partial charge >= 0.3 is 0 Å². The van der Waals surface area contributed by atoms with Gasteiger partial charge in [-0.05, 0) is 48.2 Å². The standard InChI is InChI=1S/C24H20F2N2O4/c1-24(2,23(25)26)20(22(31)28-32)27-21(30)19-13-11-17(12-14-19)6-4-3-5-16-7-9-18(15-29)10-8-16/h7-15,20,23,32H,1-2H3,(H,27,30)(H,28,31)/t20-/m1/s1. The second kappa shape index (κ2) is 10.9. The van der Waals surface area contributed by atoms with Crippen LogP contribution in [-0.2, 0) is 4.79 Å². The zero-order valence-corrected chi connectivity index (χ0v) is 17.3. The highest BCUT2D eigenvalue weighted by Gasteiger charge is 2.43. The third kappa shape index (κ3) is 6.24. The average molecular weight is 438 g/mol. The van der Waals surface area contributed by atoms with Crippen molar-refractivity contribution in [2.45, 2.75) is 26.3 Å². The van der Waals surface area contributed by atoms with E-state index in [9.17, 15) is 23.2 Å². The lowest BCUT2D eigenvalue weighted by Gasteiger charge is -2.32. The summed E-state index contributed by atoms with van der Waals surface area (Å²) in [7, 11) is 0. The van der Waals surface area contributed by atoms with Crippen molar-refractivity contribution >= 4 is 18.1 Å². The minimum absolute atomic E-state index is 0.123. The molecule has 164 valence electrons. The predicted molar refractivity (Wildman–Crippen MR) is 113 cm³/mol. The normalized spacial score (nSPS) is 11.3. The van der Waals surface area contributed by atoms with Crippen molar-refractivity contribution in [3.8, 4) is 23.7 Å². The maximum absolute atomic E-state index is 13.3. The Hall–Kier alpha value is -4.01. The first-order chi connectivity index (χ1) is 15.2. The molecule has 0 aliphatic carbocycles. The third-order valence-corrected chi connectivity index (χ3v) is 4.62. The van der Waals surface area contributed by atoms with Crippen LogP contribution in [0.15, 0.2) is 48.5 Å². The van der Waals surface area contributed by atoms with Crippen LogP contribution in [0.25, 0.3) is 0 Å². The Morgan fingerprint density at radius 2 is 1.47 bits per heavy atom. The number of hydrogen-bond donors (Lipinski definition) is 3. The van der Waals surface area contributed by atoms with Crippen LogP contribution in [0.1, 0.15) is 45.7 Å². The Bertz CT molecular complexity index is 1100. The number of halogens is 2. The third-order valence-electron chi connectivity index (χ3n) is 4.62. The molecule has 2 amide bonds. The van der Waals surface area contributed by atoms with E-state index in [1.807, 2.05) is 0 Å². The fourth-order valence-electron chi connectivity index (χ4n) is 2.55. The van der Waals surface area contributed by atoms with E-state index in [-0.39, 0.29) is 5.56 Å². The summed E-state index contributed by atoms with van der Waals surface area (Å²) in [5.41, 5.74) is 1.32. The first kappa shape index (κ1) is 24.3. The smallest absolute Gasteiger partial charge is 0.266 e. The van der Waals surface area contributed by atoms with E-state index in [1.165, 1.54) is 17.6 Å². The van der Waals surface area contributed by atoms with Crippen molar-refractivity contribution in [3.63, 3.8) is 0 Å². The Balaban J connectivity index is 2.09.